The van der Waals surface area contributed by atoms with E-state index < -0.39 is 0 Å². The predicted molar refractivity (Wildman–Crippen MR) is 85.7 cm³/mol. The molecule has 1 unspecified atom stereocenters. The monoisotopic (exact) mass is 272 g/mol. The Morgan fingerprint density at radius 1 is 1.10 bits per heavy atom. The first-order valence-corrected chi connectivity index (χ1v) is 7.35. The van der Waals surface area contributed by atoms with Crippen molar-refractivity contribution in [3.63, 3.8) is 0 Å². The Hall–Kier alpha value is -1.84. The third-order valence-corrected chi connectivity index (χ3v) is 3.42. The molecule has 0 amide bonds. The highest BCUT2D eigenvalue weighted by atomic mass is 15.1. The fourth-order valence-electron chi connectivity index (χ4n) is 2.34. The largest absolute Gasteiger partial charge is 0.368 e. The lowest BCUT2D eigenvalue weighted by Crippen LogP contribution is -2.17. The molecule has 108 valence electrons. The summed E-state index contributed by atoms with van der Waals surface area (Å²) in [4.78, 5) is 8.60. The molecule has 4 nitrogen and oxygen atoms in total. The molecule has 1 aromatic heterocycles. The summed E-state index contributed by atoms with van der Waals surface area (Å²) in [6, 6.07) is 8.33. The van der Waals surface area contributed by atoms with Gasteiger partial charge in [-0.15, -0.1) is 0 Å². The molecule has 0 radical (unpaired) electrons. The lowest BCUT2D eigenvalue weighted by atomic mass is 10.0. The quantitative estimate of drug-likeness (QED) is 0.838. The zero-order valence-electron chi connectivity index (χ0n) is 12.6. The van der Waals surface area contributed by atoms with Crippen LogP contribution in [0.2, 0.25) is 0 Å². The maximum Gasteiger partial charge on any atom is 0.222 e. The summed E-state index contributed by atoms with van der Waals surface area (Å²) in [5.41, 5.74) is 6.66. The van der Waals surface area contributed by atoms with Gasteiger partial charge in [-0.1, -0.05) is 38.8 Å². The van der Waals surface area contributed by atoms with Crippen molar-refractivity contribution >= 4 is 22.7 Å². The average molecular weight is 272 g/mol. The van der Waals surface area contributed by atoms with Gasteiger partial charge in [0.25, 0.3) is 0 Å². The zero-order valence-corrected chi connectivity index (χ0v) is 12.6. The first-order chi connectivity index (χ1) is 9.56. The summed E-state index contributed by atoms with van der Waals surface area (Å²) in [5, 5.41) is 4.49. The van der Waals surface area contributed by atoms with Crippen molar-refractivity contribution < 1.29 is 0 Å². The second kappa shape index (κ2) is 6.55. The Bertz CT molecular complexity index is 565. The van der Waals surface area contributed by atoms with Crippen molar-refractivity contribution in [2.24, 2.45) is 5.92 Å². The smallest absolute Gasteiger partial charge is 0.222 e. The van der Waals surface area contributed by atoms with E-state index in [2.05, 4.69) is 36.1 Å². The van der Waals surface area contributed by atoms with E-state index in [1.54, 1.807) is 0 Å². The number of benzene rings is 1. The molecule has 0 spiro atoms. The molecule has 20 heavy (non-hydrogen) atoms. The first kappa shape index (κ1) is 14.6. The van der Waals surface area contributed by atoms with Crippen molar-refractivity contribution in [3.8, 4) is 0 Å². The minimum atomic E-state index is 0.320. The number of rotatable bonds is 6. The molecule has 1 atom stereocenters. The Kier molecular flexibility index (Phi) is 4.77. The Labute approximate surface area is 120 Å². The third kappa shape index (κ3) is 3.83. The summed E-state index contributed by atoms with van der Waals surface area (Å²) in [6.45, 7) is 6.71. The molecule has 0 aliphatic carbocycles. The molecule has 0 aliphatic heterocycles. The maximum absolute atomic E-state index is 5.78. The molecule has 3 N–H and O–H groups in total. The van der Waals surface area contributed by atoms with Crippen LogP contribution in [0.1, 0.15) is 40.0 Å². The lowest BCUT2D eigenvalue weighted by Gasteiger charge is -2.16. The third-order valence-electron chi connectivity index (χ3n) is 3.42. The van der Waals surface area contributed by atoms with E-state index >= 15 is 0 Å². The number of para-hydroxylation sites is 1. The average Bonchev–Trinajstić information content (AvgIpc) is 2.38. The molecule has 0 bridgehead atoms. The maximum atomic E-state index is 5.78. The molecule has 1 heterocycles. The predicted octanol–water partition coefficient (Wildman–Crippen LogP) is 3.84. The van der Waals surface area contributed by atoms with E-state index in [1.165, 1.54) is 12.8 Å². The van der Waals surface area contributed by atoms with E-state index in [9.17, 15) is 0 Å². The van der Waals surface area contributed by atoms with Crippen LogP contribution in [0.15, 0.2) is 24.3 Å². The number of nitrogen functional groups attached to an aromatic ring is 1. The van der Waals surface area contributed by atoms with E-state index in [1.807, 2.05) is 24.3 Å². The van der Waals surface area contributed by atoms with Gasteiger partial charge >= 0.3 is 0 Å². The lowest BCUT2D eigenvalue weighted by molar-refractivity contribution is 0.520. The fourth-order valence-corrected chi connectivity index (χ4v) is 2.34. The Morgan fingerprint density at radius 2 is 1.85 bits per heavy atom. The minimum absolute atomic E-state index is 0.320. The van der Waals surface area contributed by atoms with Crippen molar-refractivity contribution in [3.05, 3.63) is 24.3 Å². The Morgan fingerprint density at radius 3 is 2.60 bits per heavy atom. The summed E-state index contributed by atoms with van der Waals surface area (Å²) in [5.74, 6) is 1.92. The molecule has 0 aliphatic rings. The standard InChI is InChI=1S/C16H24N4/c1-11(2)7-6-8-12(3)18-15-13-9-4-5-10-14(13)19-16(17)20-15/h4-5,9-12H,6-8H2,1-3H3,(H3,17,18,19,20). The normalized spacial score (nSPS) is 12.8. The van der Waals surface area contributed by atoms with Gasteiger partial charge in [-0.2, -0.15) is 4.98 Å². The van der Waals surface area contributed by atoms with Crippen LogP contribution in [-0.2, 0) is 0 Å². The Balaban J connectivity index is 2.08. The number of nitrogens with one attached hydrogen (secondary N) is 1. The van der Waals surface area contributed by atoms with Crippen molar-refractivity contribution in [1.82, 2.24) is 9.97 Å². The van der Waals surface area contributed by atoms with Gasteiger partial charge < -0.3 is 11.1 Å². The van der Waals surface area contributed by atoms with Gasteiger partial charge in [0.05, 0.1) is 5.52 Å². The van der Waals surface area contributed by atoms with Crippen molar-refractivity contribution in [2.75, 3.05) is 11.1 Å². The van der Waals surface area contributed by atoms with Gasteiger partial charge in [0, 0.05) is 11.4 Å². The van der Waals surface area contributed by atoms with Crippen LogP contribution in [0.3, 0.4) is 0 Å². The second-order valence-electron chi connectivity index (χ2n) is 5.82. The number of anilines is 2. The number of fused-ring (bicyclic) bond motifs is 1. The van der Waals surface area contributed by atoms with Crippen LogP contribution in [-0.4, -0.2) is 16.0 Å². The highest BCUT2D eigenvalue weighted by Crippen LogP contribution is 2.22. The van der Waals surface area contributed by atoms with E-state index in [-0.39, 0.29) is 0 Å². The molecule has 2 rings (SSSR count). The fraction of sp³-hybridized carbons (Fsp3) is 0.500. The summed E-state index contributed by atoms with van der Waals surface area (Å²) in [6.07, 6.45) is 3.62. The number of nitrogens with zero attached hydrogens (tertiary/aromatic N) is 2. The molecule has 4 heteroatoms. The molecule has 0 fully saturated rings. The summed E-state index contributed by atoms with van der Waals surface area (Å²) >= 11 is 0. The summed E-state index contributed by atoms with van der Waals surface area (Å²) in [7, 11) is 0. The van der Waals surface area contributed by atoms with Gasteiger partial charge in [0.1, 0.15) is 5.82 Å². The van der Waals surface area contributed by atoms with E-state index in [0.29, 0.717) is 12.0 Å². The molecule has 0 saturated carbocycles. The van der Waals surface area contributed by atoms with E-state index in [4.69, 9.17) is 5.73 Å². The zero-order chi connectivity index (χ0) is 14.5. The topological polar surface area (TPSA) is 63.8 Å². The van der Waals surface area contributed by atoms with Crippen molar-refractivity contribution in [2.45, 2.75) is 46.1 Å². The van der Waals surface area contributed by atoms with Gasteiger partial charge in [0.2, 0.25) is 5.95 Å². The van der Waals surface area contributed by atoms with Crippen LogP contribution in [0, 0.1) is 5.92 Å². The molecular formula is C16H24N4. The number of aromatic nitrogens is 2. The van der Waals surface area contributed by atoms with Gasteiger partial charge in [-0.25, -0.2) is 4.98 Å². The van der Waals surface area contributed by atoms with Crippen LogP contribution < -0.4 is 11.1 Å². The number of hydrogen-bond acceptors (Lipinski definition) is 4. The highest BCUT2D eigenvalue weighted by molar-refractivity contribution is 5.89. The minimum Gasteiger partial charge on any atom is -0.368 e. The highest BCUT2D eigenvalue weighted by Gasteiger charge is 2.09. The van der Waals surface area contributed by atoms with E-state index in [0.717, 1.165) is 29.1 Å². The number of nitrogens with two attached hydrogens (primary N) is 1. The second-order valence-corrected chi connectivity index (χ2v) is 5.82. The van der Waals surface area contributed by atoms with Crippen molar-refractivity contribution in [1.29, 1.82) is 0 Å². The van der Waals surface area contributed by atoms with Crippen LogP contribution >= 0.6 is 0 Å². The van der Waals surface area contributed by atoms with Gasteiger partial charge in [0.15, 0.2) is 0 Å². The number of hydrogen-bond donors (Lipinski definition) is 2. The molecular weight excluding hydrogens is 248 g/mol. The first-order valence-electron chi connectivity index (χ1n) is 7.35. The summed E-state index contributed by atoms with van der Waals surface area (Å²) < 4.78 is 0. The SMILES string of the molecule is CC(C)CCCC(C)Nc1nc(N)nc2ccccc12. The molecule has 2 aromatic rings. The molecule has 1 aromatic carbocycles. The molecule has 0 saturated heterocycles. The van der Waals surface area contributed by atoms with Gasteiger partial charge in [-0.05, 0) is 31.4 Å². The van der Waals surface area contributed by atoms with Crippen LogP contribution in [0.5, 0.6) is 0 Å². The van der Waals surface area contributed by atoms with Crippen LogP contribution in [0.25, 0.3) is 10.9 Å². The van der Waals surface area contributed by atoms with Crippen LogP contribution in [0.4, 0.5) is 11.8 Å². The van der Waals surface area contributed by atoms with Gasteiger partial charge in [-0.3, -0.25) is 0 Å².